The molecule has 1 fully saturated rings. The van der Waals surface area contributed by atoms with Crippen LogP contribution in [0.4, 0.5) is 13.2 Å². The van der Waals surface area contributed by atoms with Crippen molar-refractivity contribution >= 4 is 10.9 Å². The smallest absolute Gasteiger partial charge is 0.404 e. The zero-order valence-corrected chi connectivity index (χ0v) is 10.3. The number of fused-ring (bicyclic) bond motifs is 1. The maximum absolute atomic E-state index is 12.3. The lowest BCUT2D eigenvalue weighted by Crippen LogP contribution is -2.17. The van der Waals surface area contributed by atoms with E-state index in [9.17, 15) is 13.2 Å². The van der Waals surface area contributed by atoms with Crippen LogP contribution in [-0.4, -0.2) is 11.3 Å². The lowest BCUT2D eigenvalue weighted by atomic mass is 9.97. The molecule has 102 valence electrons. The molecule has 0 aliphatic heterocycles. The third-order valence-electron chi connectivity index (χ3n) is 3.73. The fourth-order valence-electron chi connectivity index (χ4n) is 2.93. The molecule has 1 aliphatic rings. The Kier molecular flexibility index (Phi) is 2.92. The van der Waals surface area contributed by atoms with E-state index in [-0.39, 0.29) is 5.75 Å². The molecule has 0 unspecified atom stereocenters. The second-order valence-corrected chi connectivity index (χ2v) is 4.95. The number of halogens is 3. The molecule has 3 rings (SSSR count). The van der Waals surface area contributed by atoms with Crippen LogP contribution in [0.25, 0.3) is 10.9 Å². The number of nitrogens with one attached hydrogen (secondary N) is 1. The summed E-state index contributed by atoms with van der Waals surface area (Å²) in [5.41, 5.74) is 1.54. The number of hydrogen-bond donors (Lipinski definition) is 1. The van der Waals surface area contributed by atoms with Crippen molar-refractivity contribution in [1.82, 2.24) is 4.98 Å². The van der Waals surface area contributed by atoms with Crippen molar-refractivity contribution in [1.29, 1.82) is 0 Å². The first-order chi connectivity index (χ1) is 9.04. The van der Waals surface area contributed by atoms with Crippen molar-refractivity contribution in [3.05, 3.63) is 30.0 Å². The minimum Gasteiger partial charge on any atom is -0.404 e. The molecule has 1 aromatic heterocycles. The number of benzene rings is 1. The predicted octanol–water partition coefficient (Wildman–Crippen LogP) is 4.72. The Morgan fingerprint density at radius 2 is 1.89 bits per heavy atom. The first-order valence-electron chi connectivity index (χ1n) is 6.40. The Hall–Kier alpha value is -1.65. The van der Waals surface area contributed by atoms with E-state index in [1.54, 1.807) is 6.07 Å². The Morgan fingerprint density at radius 1 is 1.16 bits per heavy atom. The molecular formula is C14H14F3NO. The van der Waals surface area contributed by atoms with Gasteiger partial charge in [-0.3, -0.25) is 0 Å². The molecule has 1 saturated carbocycles. The van der Waals surface area contributed by atoms with Crippen LogP contribution in [0, 0.1) is 0 Å². The first kappa shape index (κ1) is 12.4. The molecule has 0 saturated heterocycles. The molecule has 0 atom stereocenters. The summed E-state index contributed by atoms with van der Waals surface area (Å²) in [6.45, 7) is 0. The summed E-state index contributed by atoms with van der Waals surface area (Å²) >= 11 is 0. The predicted molar refractivity (Wildman–Crippen MR) is 66.2 cm³/mol. The number of hydrogen-bond acceptors (Lipinski definition) is 1. The van der Waals surface area contributed by atoms with E-state index in [4.69, 9.17) is 0 Å². The second-order valence-electron chi connectivity index (χ2n) is 4.95. The Bertz CT molecular complexity index is 582. The van der Waals surface area contributed by atoms with Gasteiger partial charge in [0.1, 0.15) is 0 Å². The van der Waals surface area contributed by atoms with Gasteiger partial charge < -0.3 is 9.72 Å². The molecule has 2 nitrogen and oxygen atoms in total. The molecule has 1 heterocycles. The van der Waals surface area contributed by atoms with E-state index in [0.29, 0.717) is 11.4 Å². The normalized spacial score (nSPS) is 17.2. The average Bonchev–Trinajstić information content (AvgIpc) is 2.94. The summed E-state index contributed by atoms with van der Waals surface area (Å²) in [6.07, 6.45) is 1.76. The van der Waals surface area contributed by atoms with Gasteiger partial charge in [0, 0.05) is 11.6 Å². The van der Waals surface area contributed by atoms with Crippen molar-refractivity contribution in [2.75, 3.05) is 0 Å². The van der Waals surface area contributed by atoms with Gasteiger partial charge in [0.15, 0.2) is 5.75 Å². The van der Waals surface area contributed by atoms with Gasteiger partial charge in [-0.25, -0.2) is 0 Å². The number of ether oxygens (including phenoxy) is 1. The largest absolute Gasteiger partial charge is 0.573 e. The molecule has 1 aromatic carbocycles. The zero-order valence-electron chi connectivity index (χ0n) is 10.3. The molecule has 5 heteroatoms. The highest BCUT2D eigenvalue weighted by atomic mass is 19.4. The fourth-order valence-corrected chi connectivity index (χ4v) is 2.93. The Labute approximate surface area is 108 Å². The third-order valence-corrected chi connectivity index (χ3v) is 3.73. The molecular weight excluding hydrogens is 255 g/mol. The van der Waals surface area contributed by atoms with Crippen molar-refractivity contribution in [2.24, 2.45) is 0 Å². The summed E-state index contributed by atoms with van der Waals surface area (Å²) in [4.78, 5) is 2.93. The Morgan fingerprint density at radius 3 is 2.58 bits per heavy atom. The summed E-state index contributed by atoms with van der Waals surface area (Å²) < 4.78 is 41.1. The lowest BCUT2D eigenvalue weighted by Gasteiger charge is -2.10. The van der Waals surface area contributed by atoms with Gasteiger partial charge in [-0.2, -0.15) is 0 Å². The van der Waals surface area contributed by atoms with E-state index in [1.165, 1.54) is 18.9 Å². The van der Waals surface area contributed by atoms with Crippen molar-refractivity contribution in [2.45, 2.75) is 38.0 Å². The average molecular weight is 269 g/mol. The molecule has 1 aliphatic carbocycles. The van der Waals surface area contributed by atoms with E-state index in [2.05, 4.69) is 9.72 Å². The van der Waals surface area contributed by atoms with E-state index in [1.807, 2.05) is 12.3 Å². The van der Waals surface area contributed by atoms with Crippen LogP contribution < -0.4 is 4.74 Å². The summed E-state index contributed by atoms with van der Waals surface area (Å²) in [6, 6.07) is 4.79. The fraction of sp³-hybridized carbons (Fsp3) is 0.429. The summed E-state index contributed by atoms with van der Waals surface area (Å²) in [7, 11) is 0. The van der Waals surface area contributed by atoms with Gasteiger partial charge in [0.2, 0.25) is 0 Å². The first-order valence-corrected chi connectivity index (χ1v) is 6.40. The monoisotopic (exact) mass is 269 g/mol. The zero-order chi connectivity index (χ0) is 13.5. The maximum atomic E-state index is 12.3. The number of para-hydroxylation sites is 1. The van der Waals surface area contributed by atoms with Crippen LogP contribution in [0.5, 0.6) is 5.75 Å². The van der Waals surface area contributed by atoms with Crippen molar-refractivity contribution in [3.63, 3.8) is 0 Å². The minimum atomic E-state index is -4.66. The third kappa shape index (κ3) is 2.41. The van der Waals surface area contributed by atoms with Crippen LogP contribution in [0.3, 0.4) is 0 Å². The lowest BCUT2D eigenvalue weighted by molar-refractivity contribution is -0.274. The number of alkyl halides is 3. The van der Waals surface area contributed by atoms with Gasteiger partial charge >= 0.3 is 6.36 Å². The number of aromatic amines is 1. The highest BCUT2D eigenvalue weighted by molar-refractivity contribution is 5.88. The van der Waals surface area contributed by atoms with Gasteiger partial charge in [-0.1, -0.05) is 25.0 Å². The van der Waals surface area contributed by atoms with Gasteiger partial charge in [-0.15, -0.1) is 13.2 Å². The highest BCUT2D eigenvalue weighted by Crippen LogP contribution is 2.40. The molecule has 2 aromatic rings. The quantitative estimate of drug-likeness (QED) is 0.838. The number of H-pyrrole nitrogens is 1. The van der Waals surface area contributed by atoms with Crippen LogP contribution in [0.2, 0.25) is 0 Å². The van der Waals surface area contributed by atoms with Gasteiger partial charge in [0.05, 0.1) is 5.52 Å². The Balaban J connectivity index is 2.02. The van der Waals surface area contributed by atoms with Crippen molar-refractivity contribution < 1.29 is 17.9 Å². The number of aromatic nitrogens is 1. The van der Waals surface area contributed by atoms with Gasteiger partial charge in [-0.05, 0) is 30.4 Å². The van der Waals surface area contributed by atoms with Crippen LogP contribution in [0.1, 0.15) is 37.2 Å². The molecule has 19 heavy (non-hydrogen) atoms. The summed E-state index contributed by atoms with van der Waals surface area (Å²) in [5.74, 6) is 0.295. The van der Waals surface area contributed by atoms with Crippen LogP contribution >= 0.6 is 0 Å². The SMILES string of the molecule is FC(F)(F)Oc1cccc2c(C3CCCC3)c[nH]c12. The molecule has 0 spiro atoms. The molecule has 1 N–H and O–H groups in total. The molecule has 0 radical (unpaired) electrons. The highest BCUT2D eigenvalue weighted by Gasteiger charge is 2.32. The summed E-state index contributed by atoms with van der Waals surface area (Å²) in [5, 5.41) is 0.841. The van der Waals surface area contributed by atoms with Crippen LogP contribution in [-0.2, 0) is 0 Å². The van der Waals surface area contributed by atoms with Gasteiger partial charge in [0.25, 0.3) is 0 Å². The van der Waals surface area contributed by atoms with E-state index >= 15 is 0 Å². The standard InChI is InChI=1S/C14H14F3NO/c15-14(16,17)19-12-7-3-6-10-11(8-18-13(10)12)9-4-1-2-5-9/h3,6-9,18H,1-2,4-5H2. The minimum absolute atomic E-state index is 0.158. The van der Waals surface area contributed by atoms with Crippen molar-refractivity contribution in [3.8, 4) is 5.75 Å². The molecule has 0 amide bonds. The maximum Gasteiger partial charge on any atom is 0.573 e. The number of rotatable bonds is 2. The molecule has 0 bridgehead atoms. The van der Waals surface area contributed by atoms with E-state index < -0.39 is 6.36 Å². The van der Waals surface area contributed by atoms with Crippen LogP contribution in [0.15, 0.2) is 24.4 Å². The second kappa shape index (κ2) is 4.47. The topological polar surface area (TPSA) is 25.0 Å². The van der Waals surface area contributed by atoms with E-state index in [0.717, 1.165) is 23.8 Å².